The molecule has 100 valence electrons. The zero-order chi connectivity index (χ0) is 13.9. The van der Waals surface area contributed by atoms with E-state index in [-0.39, 0.29) is 5.75 Å². The lowest BCUT2D eigenvalue weighted by molar-refractivity contribution is -0.139. The first-order chi connectivity index (χ1) is 8.28. The molecule has 0 saturated carbocycles. The molecule has 18 heavy (non-hydrogen) atoms. The van der Waals surface area contributed by atoms with Crippen molar-refractivity contribution in [2.75, 3.05) is 7.11 Å². The lowest BCUT2D eigenvalue weighted by Gasteiger charge is -2.18. The van der Waals surface area contributed by atoms with Crippen molar-refractivity contribution in [1.82, 2.24) is 0 Å². The van der Waals surface area contributed by atoms with Crippen molar-refractivity contribution in [2.45, 2.75) is 24.3 Å². The Bertz CT molecular complexity index is 485. The third-order valence-corrected chi connectivity index (χ3v) is 5.13. The predicted octanol–water partition coefficient (Wildman–Crippen LogP) is 2.57. The van der Waals surface area contributed by atoms with Crippen molar-refractivity contribution in [3.63, 3.8) is 0 Å². The molecular weight excluding hydrogens is 320 g/mol. The van der Waals surface area contributed by atoms with Crippen molar-refractivity contribution in [1.29, 1.82) is 0 Å². The van der Waals surface area contributed by atoms with E-state index in [1.807, 2.05) is 0 Å². The molecule has 4 nitrogen and oxygen atoms in total. The topological polar surface area (TPSA) is 63.6 Å². The second-order valence-corrected chi connectivity index (χ2v) is 7.13. The van der Waals surface area contributed by atoms with Gasteiger partial charge in [-0.15, -0.1) is 0 Å². The summed E-state index contributed by atoms with van der Waals surface area (Å²) < 4.78 is 16.6. The Morgan fingerprint density at radius 3 is 2.56 bits per heavy atom. The number of carboxylic acid groups (broad SMARTS) is 1. The van der Waals surface area contributed by atoms with E-state index < -0.39 is 21.5 Å². The molecular formula is C12H15BrO4S. The zero-order valence-corrected chi connectivity index (χ0v) is 12.8. The van der Waals surface area contributed by atoms with Gasteiger partial charge in [0.15, 0.2) is 0 Å². The van der Waals surface area contributed by atoms with Crippen molar-refractivity contribution in [2.24, 2.45) is 0 Å². The van der Waals surface area contributed by atoms with E-state index in [0.29, 0.717) is 5.75 Å². The largest absolute Gasteiger partial charge is 0.496 e. The molecule has 1 aromatic rings. The molecule has 0 aliphatic heterocycles. The highest BCUT2D eigenvalue weighted by Gasteiger charge is 2.34. The number of hydrogen-bond donors (Lipinski definition) is 1. The van der Waals surface area contributed by atoms with Crippen LogP contribution < -0.4 is 4.74 Å². The second kappa shape index (κ2) is 5.84. The summed E-state index contributed by atoms with van der Waals surface area (Å²) in [6, 6.07) is 5.32. The first-order valence-corrected chi connectivity index (χ1v) is 7.34. The molecule has 0 fully saturated rings. The van der Waals surface area contributed by atoms with Gasteiger partial charge in [0.1, 0.15) is 10.5 Å². The van der Waals surface area contributed by atoms with Gasteiger partial charge >= 0.3 is 5.97 Å². The summed E-state index contributed by atoms with van der Waals surface area (Å²) in [4.78, 5) is 11.0. The van der Waals surface area contributed by atoms with Crippen LogP contribution in [-0.4, -0.2) is 27.1 Å². The fraction of sp³-hybridized carbons (Fsp3) is 0.417. The van der Waals surface area contributed by atoms with Crippen LogP contribution in [0.15, 0.2) is 22.7 Å². The van der Waals surface area contributed by atoms with Gasteiger partial charge in [0.25, 0.3) is 0 Å². The molecule has 1 atom stereocenters. The monoisotopic (exact) mass is 334 g/mol. The fourth-order valence-corrected chi connectivity index (χ4v) is 2.85. The van der Waals surface area contributed by atoms with Crippen LogP contribution in [0.3, 0.4) is 0 Å². The maximum absolute atomic E-state index is 12.0. The van der Waals surface area contributed by atoms with Gasteiger partial charge in [0.05, 0.1) is 11.6 Å². The summed E-state index contributed by atoms with van der Waals surface area (Å²) in [5.41, 5.74) is 0.801. The van der Waals surface area contributed by atoms with E-state index in [1.54, 1.807) is 25.3 Å². The molecule has 1 unspecified atom stereocenters. The van der Waals surface area contributed by atoms with E-state index in [2.05, 4.69) is 15.9 Å². The van der Waals surface area contributed by atoms with Gasteiger partial charge in [-0.1, -0.05) is 6.07 Å². The van der Waals surface area contributed by atoms with E-state index in [9.17, 15) is 9.00 Å². The van der Waals surface area contributed by atoms with Crippen LogP contribution in [0, 0.1) is 0 Å². The highest BCUT2D eigenvalue weighted by Crippen LogP contribution is 2.27. The van der Waals surface area contributed by atoms with Crippen molar-refractivity contribution >= 4 is 32.7 Å². The molecule has 6 heteroatoms. The van der Waals surface area contributed by atoms with E-state index in [1.165, 1.54) is 13.8 Å². The van der Waals surface area contributed by atoms with Gasteiger partial charge in [-0.25, -0.2) is 0 Å². The molecule has 1 rings (SSSR count). The van der Waals surface area contributed by atoms with Gasteiger partial charge in [0.2, 0.25) is 0 Å². The molecule has 0 bridgehead atoms. The van der Waals surface area contributed by atoms with Crippen LogP contribution in [0.5, 0.6) is 5.75 Å². The molecule has 1 N–H and O–H groups in total. The molecule has 0 radical (unpaired) electrons. The standard InChI is InChI=1S/C12H15BrO4S/c1-12(2,11(14)15)18(16)7-8-4-5-10(17-3)9(13)6-8/h4-6H,7H2,1-3H3,(H,14,15). The predicted molar refractivity (Wildman–Crippen MR) is 74.3 cm³/mol. The number of ether oxygens (including phenoxy) is 1. The lowest BCUT2D eigenvalue weighted by Crippen LogP contribution is -2.37. The molecule has 0 spiro atoms. The minimum atomic E-state index is -1.49. The maximum atomic E-state index is 12.0. The summed E-state index contributed by atoms with van der Waals surface area (Å²) in [6.07, 6.45) is 0. The third-order valence-electron chi connectivity index (χ3n) is 2.60. The van der Waals surface area contributed by atoms with Crippen LogP contribution in [0.4, 0.5) is 0 Å². The number of halogens is 1. The summed E-state index contributed by atoms with van der Waals surface area (Å²) in [6.45, 7) is 2.92. The number of rotatable bonds is 5. The molecule has 1 aromatic carbocycles. The molecule has 0 heterocycles. The van der Waals surface area contributed by atoms with Gasteiger partial charge in [-0.05, 0) is 47.5 Å². The Labute approximate surface area is 117 Å². The lowest BCUT2D eigenvalue weighted by atomic mass is 10.2. The fourth-order valence-electron chi connectivity index (χ4n) is 1.23. The number of hydrogen-bond acceptors (Lipinski definition) is 3. The van der Waals surface area contributed by atoms with Crippen LogP contribution in [0.2, 0.25) is 0 Å². The van der Waals surface area contributed by atoms with Crippen LogP contribution >= 0.6 is 15.9 Å². The molecule has 0 aliphatic carbocycles. The Balaban J connectivity index is 2.89. The summed E-state index contributed by atoms with van der Waals surface area (Å²) in [5.74, 6) is -0.183. The molecule has 0 amide bonds. The van der Waals surface area contributed by atoms with Crippen LogP contribution in [0.1, 0.15) is 19.4 Å². The summed E-state index contributed by atoms with van der Waals surface area (Å²) in [5, 5.41) is 9.00. The highest BCUT2D eigenvalue weighted by atomic mass is 79.9. The van der Waals surface area contributed by atoms with Crippen LogP contribution in [-0.2, 0) is 21.3 Å². The van der Waals surface area contributed by atoms with Gasteiger partial charge in [-0.2, -0.15) is 0 Å². The highest BCUT2D eigenvalue weighted by molar-refractivity contribution is 9.10. The van der Waals surface area contributed by atoms with E-state index >= 15 is 0 Å². The first kappa shape index (κ1) is 15.2. The Morgan fingerprint density at radius 1 is 1.50 bits per heavy atom. The number of aliphatic carboxylic acids is 1. The second-order valence-electron chi connectivity index (χ2n) is 4.27. The van der Waals surface area contributed by atoms with E-state index in [4.69, 9.17) is 9.84 Å². The van der Waals surface area contributed by atoms with Crippen LogP contribution in [0.25, 0.3) is 0 Å². The third kappa shape index (κ3) is 3.32. The average molecular weight is 335 g/mol. The quantitative estimate of drug-likeness (QED) is 0.898. The Morgan fingerprint density at radius 2 is 2.11 bits per heavy atom. The first-order valence-electron chi connectivity index (χ1n) is 5.23. The normalized spacial score (nSPS) is 13.1. The average Bonchev–Trinajstić information content (AvgIpc) is 2.28. The summed E-state index contributed by atoms with van der Waals surface area (Å²) >= 11 is 3.34. The number of carbonyl (C=O) groups is 1. The minimum absolute atomic E-state index is 0.196. The van der Waals surface area contributed by atoms with Gasteiger partial charge in [-0.3, -0.25) is 9.00 Å². The number of carboxylic acids is 1. The molecule has 0 saturated heterocycles. The molecule has 0 aliphatic rings. The van der Waals surface area contributed by atoms with Gasteiger partial charge in [0, 0.05) is 16.6 Å². The van der Waals surface area contributed by atoms with Crippen molar-refractivity contribution in [3.8, 4) is 5.75 Å². The smallest absolute Gasteiger partial charge is 0.321 e. The van der Waals surface area contributed by atoms with Gasteiger partial charge < -0.3 is 9.84 Å². The van der Waals surface area contributed by atoms with Crippen molar-refractivity contribution in [3.05, 3.63) is 28.2 Å². The SMILES string of the molecule is COc1ccc(CS(=O)C(C)(C)C(=O)O)cc1Br. The van der Waals surface area contributed by atoms with Crippen molar-refractivity contribution < 1.29 is 18.8 Å². The summed E-state index contributed by atoms with van der Waals surface area (Å²) in [7, 11) is 0.0715. The Kier molecular flexibility index (Phi) is 4.92. The van der Waals surface area contributed by atoms with E-state index in [0.717, 1.165) is 10.0 Å². The number of benzene rings is 1. The maximum Gasteiger partial charge on any atom is 0.321 e. The molecule has 0 aromatic heterocycles. The number of methoxy groups -OCH3 is 1. The zero-order valence-electron chi connectivity index (χ0n) is 10.4. The minimum Gasteiger partial charge on any atom is -0.496 e. The Hall–Kier alpha value is -0.880.